The van der Waals surface area contributed by atoms with Crippen LogP contribution in [-0.4, -0.2) is 13.1 Å². The maximum absolute atomic E-state index is 13.8. The summed E-state index contributed by atoms with van der Waals surface area (Å²) in [5.41, 5.74) is 2.94. The summed E-state index contributed by atoms with van der Waals surface area (Å²) < 4.78 is 13.8. The van der Waals surface area contributed by atoms with Gasteiger partial charge in [-0.25, -0.2) is 4.39 Å². The molecule has 1 aromatic rings. The predicted octanol–water partition coefficient (Wildman–Crippen LogP) is 3.62. The van der Waals surface area contributed by atoms with Crippen LogP contribution in [0, 0.1) is 25.6 Å². The van der Waals surface area contributed by atoms with Crippen molar-refractivity contribution in [1.82, 2.24) is 5.32 Å². The molecular formula is C15H24FN. The molecular weight excluding hydrogens is 213 g/mol. The normalized spacial score (nSPS) is 13.1. The van der Waals surface area contributed by atoms with Gasteiger partial charge in [0.25, 0.3) is 0 Å². The van der Waals surface area contributed by atoms with Gasteiger partial charge in [0.15, 0.2) is 0 Å². The van der Waals surface area contributed by atoms with Crippen LogP contribution in [0.2, 0.25) is 0 Å². The lowest BCUT2D eigenvalue weighted by Crippen LogP contribution is -2.31. The summed E-state index contributed by atoms with van der Waals surface area (Å²) in [5.74, 6) is 0.523. The van der Waals surface area contributed by atoms with E-state index in [4.69, 9.17) is 0 Å². The second-order valence-corrected chi connectivity index (χ2v) is 5.22. The average Bonchev–Trinajstić information content (AvgIpc) is 2.21. The maximum atomic E-state index is 13.8. The number of hydrogen-bond acceptors (Lipinski definition) is 1. The maximum Gasteiger partial charge on any atom is 0.126 e. The van der Waals surface area contributed by atoms with Crippen molar-refractivity contribution in [2.45, 2.75) is 46.6 Å². The molecule has 2 heteroatoms. The van der Waals surface area contributed by atoms with Crippen molar-refractivity contribution in [1.29, 1.82) is 0 Å². The minimum absolute atomic E-state index is 0.0545. The van der Waals surface area contributed by atoms with Gasteiger partial charge in [0.05, 0.1) is 0 Å². The molecule has 0 saturated heterocycles. The Kier molecular flexibility index (Phi) is 5.13. The molecule has 96 valence electrons. The van der Waals surface area contributed by atoms with Crippen LogP contribution in [0.1, 0.15) is 37.0 Å². The standard InChI is InChI=1S/C15H24FN/c1-10(2)15(17-5)7-6-13-12(4)8-11(3)9-14(13)16/h8-10,15,17H,6-7H2,1-5H3. The summed E-state index contributed by atoms with van der Waals surface area (Å²) >= 11 is 0. The van der Waals surface area contributed by atoms with E-state index in [2.05, 4.69) is 25.2 Å². The first-order chi connectivity index (χ1) is 7.95. The quantitative estimate of drug-likeness (QED) is 0.824. The summed E-state index contributed by atoms with van der Waals surface area (Å²) in [6.07, 6.45) is 1.79. The highest BCUT2D eigenvalue weighted by atomic mass is 19.1. The fraction of sp³-hybridized carbons (Fsp3) is 0.600. The van der Waals surface area contributed by atoms with Crippen LogP contribution >= 0.6 is 0 Å². The predicted molar refractivity (Wildman–Crippen MR) is 71.9 cm³/mol. The van der Waals surface area contributed by atoms with Crippen molar-refractivity contribution in [2.24, 2.45) is 5.92 Å². The summed E-state index contributed by atoms with van der Waals surface area (Å²) in [6.45, 7) is 8.32. The molecule has 1 atom stereocenters. The summed E-state index contributed by atoms with van der Waals surface area (Å²) in [6, 6.07) is 4.14. The molecule has 0 fully saturated rings. The number of benzene rings is 1. The Morgan fingerprint density at radius 3 is 2.35 bits per heavy atom. The first kappa shape index (κ1) is 14.2. The van der Waals surface area contributed by atoms with Crippen LogP contribution in [0.15, 0.2) is 12.1 Å². The zero-order valence-electron chi connectivity index (χ0n) is 11.6. The van der Waals surface area contributed by atoms with E-state index in [0.717, 1.165) is 29.5 Å². The van der Waals surface area contributed by atoms with E-state index < -0.39 is 0 Å². The molecule has 0 saturated carbocycles. The third kappa shape index (κ3) is 3.81. The highest BCUT2D eigenvalue weighted by Gasteiger charge is 2.13. The summed E-state index contributed by atoms with van der Waals surface area (Å²) in [5, 5.41) is 3.30. The van der Waals surface area contributed by atoms with Gasteiger partial charge in [0.1, 0.15) is 5.82 Å². The Bertz CT molecular complexity index is 348. The SMILES string of the molecule is CNC(CCc1c(C)cc(C)cc1F)C(C)C. The Morgan fingerprint density at radius 2 is 1.88 bits per heavy atom. The third-order valence-electron chi connectivity index (χ3n) is 3.44. The lowest BCUT2D eigenvalue weighted by atomic mass is 9.94. The minimum Gasteiger partial charge on any atom is -0.317 e. The molecule has 0 amide bonds. The molecule has 0 aliphatic carbocycles. The molecule has 0 spiro atoms. The zero-order chi connectivity index (χ0) is 13.0. The average molecular weight is 237 g/mol. The zero-order valence-corrected chi connectivity index (χ0v) is 11.6. The van der Waals surface area contributed by atoms with E-state index >= 15 is 0 Å². The number of nitrogens with one attached hydrogen (secondary N) is 1. The van der Waals surface area contributed by atoms with Gasteiger partial charge in [0.2, 0.25) is 0 Å². The van der Waals surface area contributed by atoms with Gasteiger partial charge in [-0.15, -0.1) is 0 Å². The molecule has 1 unspecified atom stereocenters. The van der Waals surface area contributed by atoms with Crippen molar-refractivity contribution in [3.05, 3.63) is 34.6 Å². The van der Waals surface area contributed by atoms with Crippen LogP contribution in [0.3, 0.4) is 0 Å². The topological polar surface area (TPSA) is 12.0 Å². The Balaban J connectivity index is 2.75. The first-order valence-electron chi connectivity index (χ1n) is 6.38. The van der Waals surface area contributed by atoms with Crippen molar-refractivity contribution in [3.8, 4) is 0 Å². The van der Waals surface area contributed by atoms with Crippen LogP contribution in [-0.2, 0) is 6.42 Å². The molecule has 0 aliphatic heterocycles. The molecule has 0 heterocycles. The fourth-order valence-corrected chi connectivity index (χ4v) is 2.37. The number of halogens is 1. The van der Waals surface area contributed by atoms with Gasteiger partial charge in [-0.1, -0.05) is 19.9 Å². The molecule has 0 radical (unpaired) electrons. The van der Waals surface area contributed by atoms with Crippen LogP contribution < -0.4 is 5.32 Å². The molecule has 1 rings (SSSR count). The van der Waals surface area contributed by atoms with Crippen molar-refractivity contribution in [3.63, 3.8) is 0 Å². The Hall–Kier alpha value is -0.890. The second kappa shape index (κ2) is 6.15. The van der Waals surface area contributed by atoms with E-state index in [0.29, 0.717) is 12.0 Å². The molecule has 1 nitrogen and oxygen atoms in total. The van der Waals surface area contributed by atoms with Gasteiger partial charge < -0.3 is 5.32 Å². The van der Waals surface area contributed by atoms with E-state index in [1.807, 2.05) is 20.9 Å². The Morgan fingerprint density at radius 1 is 1.24 bits per heavy atom. The van der Waals surface area contributed by atoms with E-state index in [-0.39, 0.29) is 5.82 Å². The monoisotopic (exact) mass is 237 g/mol. The van der Waals surface area contributed by atoms with Crippen molar-refractivity contribution < 1.29 is 4.39 Å². The van der Waals surface area contributed by atoms with Gasteiger partial charge in [-0.3, -0.25) is 0 Å². The Labute approximate surface area is 104 Å². The van der Waals surface area contributed by atoms with Crippen LogP contribution in [0.25, 0.3) is 0 Å². The van der Waals surface area contributed by atoms with Gasteiger partial charge >= 0.3 is 0 Å². The van der Waals surface area contributed by atoms with E-state index in [1.165, 1.54) is 0 Å². The first-order valence-corrected chi connectivity index (χ1v) is 6.38. The number of rotatable bonds is 5. The van der Waals surface area contributed by atoms with Gasteiger partial charge in [0, 0.05) is 6.04 Å². The highest BCUT2D eigenvalue weighted by molar-refractivity contribution is 5.32. The smallest absolute Gasteiger partial charge is 0.126 e. The molecule has 0 bridgehead atoms. The van der Waals surface area contributed by atoms with Gasteiger partial charge in [-0.2, -0.15) is 0 Å². The molecule has 0 aliphatic rings. The largest absolute Gasteiger partial charge is 0.317 e. The molecule has 17 heavy (non-hydrogen) atoms. The summed E-state index contributed by atoms with van der Waals surface area (Å²) in [7, 11) is 1.98. The van der Waals surface area contributed by atoms with Crippen LogP contribution in [0.5, 0.6) is 0 Å². The lowest BCUT2D eigenvalue weighted by molar-refractivity contribution is 0.400. The van der Waals surface area contributed by atoms with E-state index in [9.17, 15) is 4.39 Å². The molecule has 1 aromatic carbocycles. The van der Waals surface area contributed by atoms with Crippen molar-refractivity contribution in [2.75, 3.05) is 7.05 Å². The molecule has 1 N–H and O–H groups in total. The number of hydrogen-bond donors (Lipinski definition) is 1. The van der Waals surface area contributed by atoms with Crippen LogP contribution in [0.4, 0.5) is 4.39 Å². The van der Waals surface area contributed by atoms with E-state index in [1.54, 1.807) is 6.07 Å². The fourth-order valence-electron chi connectivity index (χ4n) is 2.37. The lowest BCUT2D eigenvalue weighted by Gasteiger charge is -2.20. The molecule has 0 aromatic heterocycles. The summed E-state index contributed by atoms with van der Waals surface area (Å²) in [4.78, 5) is 0. The van der Waals surface area contributed by atoms with Crippen molar-refractivity contribution >= 4 is 0 Å². The minimum atomic E-state index is -0.0545. The third-order valence-corrected chi connectivity index (χ3v) is 3.44. The number of aryl methyl sites for hydroxylation is 2. The van der Waals surface area contributed by atoms with Gasteiger partial charge in [-0.05, 0) is 62.4 Å². The highest BCUT2D eigenvalue weighted by Crippen LogP contribution is 2.19. The second-order valence-electron chi connectivity index (χ2n) is 5.22.